The summed E-state index contributed by atoms with van der Waals surface area (Å²) < 4.78 is 78.9. The lowest BCUT2D eigenvalue weighted by Gasteiger charge is -2.40. The Morgan fingerprint density at radius 3 is 2.34 bits per heavy atom. The van der Waals surface area contributed by atoms with E-state index in [0.717, 1.165) is 97.6 Å². The molecule has 0 aliphatic carbocycles. The van der Waals surface area contributed by atoms with E-state index in [1.165, 1.54) is 6.20 Å². The van der Waals surface area contributed by atoms with Crippen LogP contribution in [0.1, 0.15) is 63.9 Å². The number of amides is 3. The number of imide groups is 1. The molecule has 5 aliphatic rings. The number of nitrogens with one attached hydrogen (secondary N) is 3. The van der Waals surface area contributed by atoms with Crippen molar-refractivity contribution in [1.82, 2.24) is 29.4 Å². The first-order valence-corrected chi connectivity index (χ1v) is 24.3. The molecule has 2 atom stereocenters. The number of nitrogens with zero attached hydrogens (tertiary/aromatic N) is 6. The van der Waals surface area contributed by atoms with Gasteiger partial charge in [0.25, 0.3) is 5.91 Å². The zero-order valence-corrected chi connectivity index (χ0v) is 38.1. The van der Waals surface area contributed by atoms with E-state index in [9.17, 15) is 32.0 Å². The highest BCUT2D eigenvalue weighted by Crippen LogP contribution is 2.39. The van der Waals surface area contributed by atoms with Gasteiger partial charge in [0.05, 0.1) is 23.9 Å². The molecule has 3 amide bonds. The normalized spacial score (nSPS) is 20.9. The lowest BCUT2D eigenvalue weighted by atomic mass is 9.95. The summed E-state index contributed by atoms with van der Waals surface area (Å²) >= 11 is 0. The fourth-order valence-corrected chi connectivity index (χ4v) is 11.5. The highest BCUT2D eigenvalue weighted by Gasteiger charge is 2.41. The maximum Gasteiger partial charge on any atom is 0.301 e. The Hall–Kier alpha value is -6.51. The molecular formula is C48H50F3N9O7S. The van der Waals surface area contributed by atoms with E-state index in [-0.39, 0.29) is 43.3 Å². The summed E-state index contributed by atoms with van der Waals surface area (Å²) in [6.07, 6.45) is 4.16. The minimum atomic E-state index is -4.36. The zero-order valence-electron chi connectivity index (χ0n) is 37.3. The number of pyridine rings is 1. The maximum atomic E-state index is 15.8. The number of piperidine rings is 2. The van der Waals surface area contributed by atoms with E-state index < -0.39 is 57.0 Å². The number of hydrogen-bond donors (Lipinski definition) is 3. The summed E-state index contributed by atoms with van der Waals surface area (Å²) in [6, 6.07) is 14.7. The lowest BCUT2D eigenvalue weighted by Crippen LogP contribution is -2.52. The highest BCUT2D eigenvalue weighted by molar-refractivity contribution is 7.90. The number of anilines is 3. The van der Waals surface area contributed by atoms with E-state index in [4.69, 9.17) is 4.74 Å². The fourth-order valence-electron chi connectivity index (χ4n) is 10.2. The third-order valence-electron chi connectivity index (χ3n) is 14.0. The van der Waals surface area contributed by atoms with Crippen LogP contribution in [0, 0.1) is 17.6 Å². The van der Waals surface area contributed by atoms with Gasteiger partial charge in [-0.2, -0.15) is 12.7 Å². The van der Waals surface area contributed by atoms with Crippen LogP contribution in [0.4, 0.5) is 30.2 Å². The number of aromatic nitrogens is 2. The van der Waals surface area contributed by atoms with Crippen LogP contribution in [0.2, 0.25) is 0 Å². The van der Waals surface area contributed by atoms with E-state index in [2.05, 4.69) is 30.0 Å². The molecule has 4 fully saturated rings. The molecule has 10 rings (SSSR count). The van der Waals surface area contributed by atoms with Gasteiger partial charge in [-0.3, -0.25) is 34.1 Å². The quantitative estimate of drug-likeness (QED) is 0.110. The summed E-state index contributed by atoms with van der Waals surface area (Å²) in [6.45, 7) is 6.10. The number of fused-ring (bicyclic) bond motifs is 2. The first kappa shape index (κ1) is 45.3. The fraction of sp³-hybridized carbons (Fsp3) is 0.396. The van der Waals surface area contributed by atoms with Crippen molar-refractivity contribution in [2.45, 2.75) is 50.9 Å². The minimum absolute atomic E-state index is 0.00109. The molecule has 68 heavy (non-hydrogen) atoms. The van der Waals surface area contributed by atoms with Crippen molar-refractivity contribution in [1.29, 1.82) is 0 Å². The molecule has 356 valence electrons. The standard InChI is InChI=1S/C48H50F3N9O7S/c1-67-40-22-34(20-31-26-60(48(64)42(31)40)39-8-9-41(61)54-47(39)63)57-13-10-28(11-14-57)25-56-16-18-58(19-17-56)33-4-2-29(3-5-33)30-21-35-36(24-53-46(35)52-23-30)45(62)43-37(50)6-7-38(44(43)51)55-68(65,66)59-15-12-32(49)27-59/h2-7,20-24,28,32,39,55H,8-19,25-27H2,1H3,(H,52,53)(H,54,61,63)/t32-,39?/m1/s1. The Kier molecular flexibility index (Phi) is 12.1. The van der Waals surface area contributed by atoms with Crippen LogP contribution in [0.5, 0.6) is 5.75 Å². The van der Waals surface area contributed by atoms with Crippen LogP contribution in [-0.4, -0.2) is 134 Å². The second-order valence-electron chi connectivity index (χ2n) is 18.1. The van der Waals surface area contributed by atoms with Crippen molar-refractivity contribution in [3.63, 3.8) is 0 Å². The zero-order chi connectivity index (χ0) is 47.4. The van der Waals surface area contributed by atoms with Gasteiger partial charge >= 0.3 is 10.2 Å². The monoisotopic (exact) mass is 953 g/mol. The van der Waals surface area contributed by atoms with Crippen molar-refractivity contribution >= 4 is 61.8 Å². The number of aromatic amines is 1. The van der Waals surface area contributed by atoms with Crippen LogP contribution in [0.3, 0.4) is 0 Å². The van der Waals surface area contributed by atoms with E-state index in [0.29, 0.717) is 46.8 Å². The first-order valence-electron chi connectivity index (χ1n) is 22.8. The number of piperazine rings is 1. The molecular weight excluding hydrogens is 904 g/mol. The number of benzene rings is 3. The topological polar surface area (TPSA) is 181 Å². The van der Waals surface area contributed by atoms with Crippen molar-refractivity contribution in [3.05, 3.63) is 101 Å². The molecule has 3 aromatic carbocycles. The highest BCUT2D eigenvalue weighted by atomic mass is 32.2. The Bertz CT molecular complexity index is 2940. The molecule has 1 unspecified atom stereocenters. The summed E-state index contributed by atoms with van der Waals surface area (Å²) in [5.41, 5.74) is 3.56. The number of methoxy groups -OCH3 is 1. The van der Waals surface area contributed by atoms with Gasteiger partial charge in [0, 0.05) is 118 Å². The Balaban J connectivity index is 0.738. The van der Waals surface area contributed by atoms with Gasteiger partial charge in [-0.15, -0.1) is 0 Å². The molecule has 7 heterocycles. The second kappa shape index (κ2) is 18.2. The largest absolute Gasteiger partial charge is 0.496 e. The van der Waals surface area contributed by atoms with E-state index in [1.807, 2.05) is 41.1 Å². The molecule has 16 nitrogen and oxygen atoms in total. The molecule has 0 radical (unpaired) electrons. The Morgan fingerprint density at radius 1 is 0.882 bits per heavy atom. The summed E-state index contributed by atoms with van der Waals surface area (Å²) in [5.74, 6) is -3.54. The number of carbonyl (C=O) groups is 4. The SMILES string of the molecule is COc1cc(N2CCC(CN3CCN(c4ccc(-c5cnc6[nH]cc(C(=O)c7c(F)ccc(NS(=O)(=O)N8CC[C@@H](F)C8)c7F)c6c5)cc4)CC3)CC2)cc2c1C(=O)N(C1CCC(=O)NC1=O)C2. The second-order valence-corrected chi connectivity index (χ2v) is 19.8. The van der Waals surface area contributed by atoms with Crippen molar-refractivity contribution in [2.24, 2.45) is 5.92 Å². The number of ketones is 1. The number of alkyl halides is 1. The van der Waals surface area contributed by atoms with Gasteiger partial charge in [-0.1, -0.05) is 12.1 Å². The molecule has 3 N–H and O–H groups in total. The van der Waals surface area contributed by atoms with Crippen LogP contribution in [0.25, 0.3) is 22.2 Å². The third-order valence-corrected chi connectivity index (χ3v) is 15.5. The predicted molar refractivity (Wildman–Crippen MR) is 248 cm³/mol. The minimum Gasteiger partial charge on any atom is -0.496 e. The number of rotatable bonds is 12. The first-order chi connectivity index (χ1) is 32.7. The van der Waals surface area contributed by atoms with Crippen LogP contribution in [-0.2, 0) is 26.3 Å². The molecule has 0 spiro atoms. The van der Waals surface area contributed by atoms with Crippen LogP contribution >= 0.6 is 0 Å². The number of halogens is 3. The molecule has 2 aromatic heterocycles. The summed E-state index contributed by atoms with van der Waals surface area (Å²) in [5, 5.41) is 2.69. The van der Waals surface area contributed by atoms with Gasteiger partial charge in [-0.25, -0.2) is 18.2 Å². The molecule has 0 bridgehead atoms. The summed E-state index contributed by atoms with van der Waals surface area (Å²) in [7, 11) is -2.81. The number of H-pyrrole nitrogens is 1. The molecule has 4 saturated heterocycles. The number of hydrogen-bond acceptors (Lipinski definition) is 11. The van der Waals surface area contributed by atoms with Gasteiger partial charge in [0.2, 0.25) is 17.6 Å². The average molecular weight is 954 g/mol. The summed E-state index contributed by atoms with van der Waals surface area (Å²) in [4.78, 5) is 67.7. The van der Waals surface area contributed by atoms with Crippen LogP contribution in [0.15, 0.2) is 67.0 Å². The number of carbonyl (C=O) groups excluding carboxylic acids is 4. The Labute approximate surface area is 390 Å². The predicted octanol–water partition coefficient (Wildman–Crippen LogP) is 5.25. The van der Waals surface area contributed by atoms with Gasteiger partial charge < -0.3 is 24.4 Å². The molecule has 5 aromatic rings. The molecule has 5 aliphatic heterocycles. The Morgan fingerprint density at radius 2 is 1.63 bits per heavy atom. The third kappa shape index (κ3) is 8.64. The average Bonchev–Trinajstić information content (AvgIpc) is 4.07. The smallest absolute Gasteiger partial charge is 0.301 e. The van der Waals surface area contributed by atoms with Gasteiger partial charge in [0.15, 0.2) is 5.82 Å². The van der Waals surface area contributed by atoms with Crippen molar-refractivity contribution in [2.75, 3.05) is 80.5 Å². The molecule has 20 heteroatoms. The van der Waals surface area contributed by atoms with Gasteiger partial charge in [0.1, 0.15) is 29.4 Å². The van der Waals surface area contributed by atoms with E-state index >= 15 is 8.78 Å². The van der Waals surface area contributed by atoms with Crippen LogP contribution < -0.4 is 24.6 Å². The maximum absolute atomic E-state index is 15.8. The van der Waals surface area contributed by atoms with E-state index in [1.54, 1.807) is 24.3 Å². The van der Waals surface area contributed by atoms with Crippen molar-refractivity contribution in [3.8, 4) is 16.9 Å². The molecule has 0 saturated carbocycles. The lowest BCUT2D eigenvalue weighted by molar-refractivity contribution is -0.136. The van der Waals surface area contributed by atoms with Crippen molar-refractivity contribution < 1.29 is 45.5 Å². The number of ether oxygens (including phenoxy) is 1. The van der Waals surface area contributed by atoms with Gasteiger partial charge in [-0.05, 0) is 79.1 Å².